The van der Waals surface area contributed by atoms with Crippen molar-refractivity contribution in [1.29, 1.82) is 0 Å². The monoisotopic (exact) mass is 292 g/mol. The van der Waals surface area contributed by atoms with Crippen LogP contribution in [-0.2, 0) is 9.53 Å². The van der Waals surface area contributed by atoms with Crippen LogP contribution in [-0.4, -0.2) is 24.7 Å². The maximum atomic E-state index is 13.4. The third-order valence-corrected chi connectivity index (χ3v) is 3.02. The first kappa shape index (κ1) is 14.7. The van der Waals surface area contributed by atoms with E-state index in [-0.39, 0.29) is 18.7 Å². The van der Waals surface area contributed by atoms with Crippen molar-refractivity contribution >= 4 is 11.6 Å². The van der Waals surface area contributed by atoms with Crippen LogP contribution in [0.15, 0.2) is 6.07 Å². The number of amides is 1. The molecule has 0 spiro atoms. The zero-order valence-electron chi connectivity index (χ0n) is 10.3. The SMILES string of the molecule is NCC1CCC(C(=O)Nc2c(F)c(F)cc(F)c2F)O1. The van der Waals surface area contributed by atoms with Crippen molar-refractivity contribution in [1.82, 2.24) is 0 Å². The van der Waals surface area contributed by atoms with Crippen molar-refractivity contribution < 1.29 is 27.1 Å². The van der Waals surface area contributed by atoms with Crippen LogP contribution < -0.4 is 11.1 Å². The quantitative estimate of drug-likeness (QED) is 0.658. The van der Waals surface area contributed by atoms with Crippen molar-refractivity contribution in [2.45, 2.75) is 25.0 Å². The van der Waals surface area contributed by atoms with Crippen LogP contribution in [0.3, 0.4) is 0 Å². The Morgan fingerprint density at radius 3 is 2.35 bits per heavy atom. The number of rotatable bonds is 3. The van der Waals surface area contributed by atoms with Gasteiger partial charge in [0, 0.05) is 12.6 Å². The molecule has 2 unspecified atom stereocenters. The van der Waals surface area contributed by atoms with Gasteiger partial charge in [-0.1, -0.05) is 0 Å². The second kappa shape index (κ2) is 5.76. The molecule has 1 aromatic carbocycles. The summed E-state index contributed by atoms with van der Waals surface area (Å²) in [4.78, 5) is 11.7. The summed E-state index contributed by atoms with van der Waals surface area (Å²) in [5, 5.41) is 1.81. The maximum absolute atomic E-state index is 13.4. The number of benzene rings is 1. The Hall–Kier alpha value is -1.67. The fourth-order valence-corrected chi connectivity index (χ4v) is 1.96. The van der Waals surface area contributed by atoms with E-state index >= 15 is 0 Å². The van der Waals surface area contributed by atoms with Gasteiger partial charge >= 0.3 is 0 Å². The number of carbonyl (C=O) groups is 1. The molecule has 1 saturated heterocycles. The zero-order valence-corrected chi connectivity index (χ0v) is 10.3. The van der Waals surface area contributed by atoms with Crippen LogP contribution >= 0.6 is 0 Å². The van der Waals surface area contributed by atoms with E-state index in [9.17, 15) is 22.4 Å². The molecule has 0 bridgehead atoms. The number of nitrogens with two attached hydrogens (primary N) is 1. The molecule has 4 nitrogen and oxygen atoms in total. The van der Waals surface area contributed by atoms with Crippen molar-refractivity contribution in [2.75, 3.05) is 11.9 Å². The first-order valence-corrected chi connectivity index (χ1v) is 5.93. The Balaban J connectivity index is 2.16. The summed E-state index contributed by atoms with van der Waals surface area (Å²) < 4.78 is 57.9. The molecule has 1 aromatic rings. The smallest absolute Gasteiger partial charge is 0.253 e. The molecule has 1 aliphatic heterocycles. The summed E-state index contributed by atoms with van der Waals surface area (Å²) in [6, 6.07) is 0.0663. The molecule has 1 heterocycles. The van der Waals surface area contributed by atoms with Gasteiger partial charge in [0.1, 0.15) is 11.8 Å². The van der Waals surface area contributed by atoms with E-state index in [1.54, 1.807) is 0 Å². The molecule has 0 aromatic heterocycles. The van der Waals surface area contributed by atoms with E-state index < -0.39 is 41.0 Å². The molecule has 2 rings (SSSR count). The molecular formula is C12H12F4N2O2. The molecule has 110 valence electrons. The fraction of sp³-hybridized carbons (Fsp3) is 0.417. The van der Waals surface area contributed by atoms with E-state index in [0.29, 0.717) is 12.8 Å². The number of hydrogen-bond acceptors (Lipinski definition) is 3. The highest BCUT2D eigenvalue weighted by atomic mass is 19.2. The van der Waals surface area contributed by atoms with Crippen LogP contribution in [0.25, 0.3) is 0 Å². The number of hydrogen-bond donors (Lipinski definition) is 2. The molecular weight excluding hydrogens is 280 g/mol. The predicted octanol–water partition coefficient (Wildman–Crippen LogP) is 1.69. The Kier molecular flexibility index (Phi) is 4.24. The normalized spacial score (nSPS) is 22.1. The molecule has 8 heteroatoms. The molecule has 3 N–H and O–H groups in total. The van der Waals surface area contributed by atoms with Crippen LogP contribution in [0.1, 0.15) is 12.8 Å². The third kappa shape index (κ3) is 2.75. The van der Waals surface area contributed by atoms with Crippen LogP contribution in [0.2, 0.25) is 0 Å². The van der Waals surface area contributed by atoms with E-state index in [1.165, 1.54) is 0 Å². The molecule has 2 atom stereocenters. The van der Waals surface area contributed by atoms with Gasteiger partial charge in [-0.2, -0.15) is 0 Å². The van der Waals surface area contributed by atoms with Gasteiger partial charge in [-0.3, -0.25) is 4.79 Å². The molecule has 0 saturated carbocycles. The number of anilines is 1. The second-order valence-electron chi connectivity index (χ2n) is 4.39. The van der Waals surface area contributed by atoms with Gasteiger partial charge in [-0.15, -0.1) is 0 Å². The van der Waals surface area contributed by atoms with E-state index in [0.717, 1.165) is 0 Å². The molecule has 1 aliphatic rings. The fourth-order valence-electron chi connectivity index (χ4n) is 1.96. The van der Waals surface area contributed by atoms with E-state index in [2.05, 4.69) is 0 Å². The summed E-state index contributed by atoms with van der Waals surface area (Å²) >= 11 is 0. The predicted molar refractivity (Wildman–Crippen MR) is 61.9 cm³/mol. The standard InChI is InChI=1S/C12H12F4N2O2/c13-6-3-7(14)10(16)11(9(6)15)18-12(19)8-2-1-5(4-17)20-8/h3,5,8H,1-2,4,17H2,(H,18,19). The summed E-state index contributed by atoms with van der Waals surface area (Å²) in [6.45, 7) is 0.209. The summed E-state index contributed by atoms with van der Waals surface area (Å²) in [6.07, 6.45) is -0.426. The summed E-state index contributed by atoms with van der Waals surface area (Å²) in [5.74, 6) is -7.38. The Morgan fingerprint density at radius 2 is 1.85 bits per heavy atom. The lowest BCUT2D eigenvalue weighted by Gasteiger charge is -2.14. The van der Waals surface area contributed by atoms with Crippen molar-refractivity contribution in [2.24, 2.45) is 5.73 Å². The number of halogens is 4. The minimum Gasteiger partial charge on any atom is -0.364 e. The lowest BCUT2D eigenvalue weighted by molar-refractivity contribution is -0.126. The lowest BCUT2D eigenvalue weighted by atomic mass is 10.2. The summed E-state index contributed by atoms with van der Waals surface area (Å²) in [5.41, 5.74) is 4.20. The van der Waals surface area contributed by atoms with E-state index in [4.69, 9.17) is 10.5 Å². The third-order valence-electron chi connectivity index (χ3n) is 3.02. The highest BCUT2D eigenvalue weighted by Crippen LogP contribution is 2.26. The molecule has 1 amide bonds. The Morgan fingerprint density at radius 1 is 1.25 bits per heavy atom. The average molecular weight is 292 g/mol. The van der Waals surface area contributed by atoms with Crippen molar-refractivity contribution in [3.63, 3.8) is 0 Å². The highest BCUT2D eigenvalue weighted by Gasteiger charge is 2.31. The van der Waals surface area contributed by atoms with Gasteiger partial charge in [0.25, 0.3) is 5.91 Å². The summed E-state index contributed by atoms with van der Waals surface area (Å²) in [7, 11) is 0. The van der Waals surface area contributed by atoms with Gasteiger partial charge in [0.05, 0.1) is 6.10 Å². The Bertz CT molecular complexity index is 512. The largest absolute Gasteiger partial charge is 0.364 e. The van der Waals surface area contributed by atoms with Crippen LogP contribution in [0, 0.1) is 23.3 Å². The van der Waals surface area contributed by atoms with Crippen LogP contribution in [0.4, 0.5) is 23.2 Å². The topological polar surface area (TPSA) is 64.4 Å². The van der Waals surface area contributed by atoms with Crippen molar-refractivity contribution in [3.8, 4) is 0 Å². The first-order chi connectivity index (χ1) is 9.43. The van der Waals surface area contributed by atoms with E-state index in [1.807, 2.05) is 5.32 Å². The van der Waals surface area contributed by atoms with Gasteiger partial charge in [0.2, 0.25) is 0 Å². The lowest BCUT2D eigenvalue weighted by Crippen LogP contribution is -2.30. The zero-order chi connectivity index (χ0) is 14.9. The number of ether oxygens (including phenoxy) is 1. The molecule has 1 fully saturated rings. The van der Waals surface area contributed by atoms with Crippen molar-refractivity contribution in [3.05, 3.63) is 29.3 Å². The number of nitrogens with one attached hydrogen (secondary N) is 1. The van der Waals surface area contributed by atoms with Gasteiger partial charge in [-0.25, -0.2) is 17.6 Å². The second-order valence-corrected chi connectivity index (χ2v) is 4.39. The maximum Gasteiger partial charge on any atom is 0.253 e. The minimum absolute atomic E-state index is 0.0663. The van der Waals surface area contributed by atoms with Crippen LogP contribution in [0.5, 0.6) is 0 Å². The Labute approximate surface area is 111 Å². The highest BCUT2D eigenvalue weighted by molar-refractivity contribution is 5.94. The average Bonchev–Trinajstić information content (AvgIpc) is 2.90. The number of carbonyl (C=O) groups excluding carboxylic acids is 1. The first-order valence-electron chi connectivity index (χ1n) is 5.93. The molecule has 0 aliphatic carbocycles. The molecule has 0 radical (unpaired) electrons. The van der Waals surface area contributed by atoms with Gasteiger partial charge < -0.3 is 15.8 Å². The van der Waals surface area contributed by atoms with Gasteiger partial charge in [0.15, 0.2) is 23.3 Å². The minimum atomic E-state index is -1.66. The van der Waals surface area contributed by atoms with Gasteiger partial charge in [-0.05, 0) is 12.8 Å². The molecule has 20 heavy (non-hydrogen) atoms.